The van der Waals surface area contributed by atoms with Crippen LogP contribution in [0.25, 0.3) is 0 Å². The fourth-order valence-electron chi connectivity index (χ4n) is 3.71. The summed E-state index contributed by atoms with van der Waals surface area (Å²) in [6.07, 6.45) is 5.43. The van der Waals surface area contributed by atoms with Crippen LogP contribution >= 0.6 is 11.8 Å². The number of rotatable bonds is 4. The number of thioether (sulfide) groups is 1. The third-order valence-electron chi connectivity index (χ3n) is 5.11. The van der Waals surface area contributed by atoms with Crippen molar-refractivity contribution in [3.8, 4) is 0 Å². The lowest BCUT2D eigenvalue weighted by molar-refractivity contribution is 0.146. The summed E-state index contributed by atoms with van der Waals surface area (Å²) in [6, 6.07) is 10.5. The molecule has 2 aliphatic rings. The molecule has 1 atom stereocenters. The first-order valence-electron chi connectivity index (χ1n) is 8.90. The Morgan fingerprint density at radius 1 is 1.09 bits per heavy atom. The van der Waals surface area contributed by atoms with Crippen LogP contribution in [0.1, 0.15) is 51.0 Å². The van der Waals surface area contributed by atoms with Crippen LogP contribution in [0.3, 0.4) is 0 Å². The summed E-state index contributed by atoms with van der Waals surface area (Å²) in [5, 5.41) is 3.77. The second-order valence-corrected chi connectivity index (χ2v) is 8.32. The number of hydrogen-bond acceptors (Lipinski definition) is 3. The Balaban J connectivity index is 1.55. The van der Waals surface area contributed by atoms with Gasteiger partial charge in [-0.25, -0.2) is 0 Å². The van der Waals surface area contributed by atoms with E-state index < -0.39 is 0 Å². The van der Waals surface area contributed by atoms with Crippen molar-refractivity contribution in [2.24, 2.45) is 0 Å². The molecule has 3 heteroatoms. The molecular weight excluding hydrogens is 288 g/mol. The van der Waals surface area contributed by atoms with Gasteiger partial charge in [-0.15, -0.1) is 0 Å². The second kappa shape index (κ2) is 7.74. The minimum absolute atomic E-state index is 0.614. The largest absolute Gasteiger partial charge is 0.381 e. The van der Waals surface area contributed by atoms with Gasteiger partial charge in [0.1, 0.15) is 0 Å². The quantitative estimate of drug-likeness (QED) is 0.874. The highest BCUT2D eigenvalue weighted by molar-refractivity contribution is 7.99. The van der Waals surface area contributed by atoms with Gasteiger partial charge in [-0.1, -0.05) is 26.0 Å². The van der Waals surface area contributed by atoms with Crippen LogP contribution in [0.15, 0.2) is 24.3 Å². The van der Waals surface area contributed by atoms with Crippen LogP contribution in [0.5, 0.6) is 0 Å². The van der Waals surface area contributed by atoms with E-state index in [1.165, 1.54) is 61.5 Å². The minimum Gasteiger partial charge on any atom is -0.381 e. The summed E-state index contributed by atoms with van der Waals surface area (Å²) in [6.45, 7) is 7.04. The summed E-state index contributed by atoms with van der Waals surface area (Å²) in [7, 11) is 0. The van der Waals surface area contributed by atoms with E-state index in [2.05, 4.69) is 60.1 Å². The van der Waals surface area contributed by atoms with Gasteiger partial charge in [-0.2, -0.15) is 11.8 Å². The molecule has 2 aliphatic heterocycles. The molecule has 2 saturated heterocycles. The second-order valence-electron chi connectivity index (χ2n) is 7.10. The molecule has 0 aliphatic carbocycles. The molecule has 1 aromatic carbocycles. The average Bonchev–Trinajstić information content (AvgIpc) is 2.56. The highest BCUT2D eigenvalue weighted by atomic mass is 32.2. The molecule has 0 spiro atoms. The molecule has 22 heavy (non-hydrogen) atoms. The van der Waals surface area contributed by atoms with E-state index in [1.807, 2.05) is 0 Å². The van der Waals surface area contributed by atoms with Crippen molar-refractivity contribution in [3.05, 3.63) is 29.8 Å². The first-order valence-corrected chi connectivity index (χ1v) is 10.1. The maximum atomic E-state index is 3.77. The average molecular weight is 319 g/mol. The Bertz CT molecular complexity index is 451. The molecule has 3 rings (SSSR count). The number of nitrogens with one attached hydrogen (secondary N) is 1. The van der Waals surface area contributed by atoms with E-state index in [9.17, 15) is 0 Å². The van der Waals surface area contributed by atoms with Crippen LogP contribution in [-0.2, 0) is 0 Å². The lowest BCUT2D eigenvalue weighted by Gasteiger charge is -2.40. The van der Waals surface area contributed by atoms with E-state index in [-0.39, 0.29) is 0 Å². The summed E-state index contributed by atoms with van der Waals surface area (Å²) < 4.78 is 0. The summed E-state index contributed by atoms with van der Waals surface area (Å²) in [4.78, 5) is 2.75. The van der Waals surface area contributed by atoms with Gasteiger partial charge < -0.3 is 5.32 Å². The maximum absolute atomic E-state index is 3.77. The van der Waals surface area contributed by atoms with Gasteiger partial charge in [0.05, 0.1) is 0 Å². The zero-order valence-electron chi connectivity index (χ0n) is 14.1. The van der Waals surface area contributed by atoms with Crippen LogP contribution in [-0.4, -0.2) is 41.6 Å². The van der Waals surface area contributed by atoms with Crippen LogP contribution in [0.4, 0.5) is 5.69 Å². The van der Waals surface area contributed by atoms with Gasteiger partial charge in [-0.3, -0.25) is 4.90 Å². The molecule has 2 fully saturated rings. The van der Waals surface area contributed by atoms with Crippen molar-refractivity contribution in [1.82, 2.24) is 4.90 Å². The van der Waals surface area contributed by atoms with Gasteiger partial charge in [-0.05, 0) is 67.3 Å². The topological polar surface area (TPSA) is 15.3 Å². The first kappa shape index (κ1) is 16.2. The monoisotopic (exact) mass is 318 g/mol. The highest BCUT2D eigenvalue weighted by Gasteiger charge is 2.26. The normalized spacial score (nSPS) is 24.6. The summed E-state index contributed by atoms with van der Waals surface area (Å²) >= 11 is 2.13. The fourth-order valence-corrected chi connectivity index (χ4v) is 4.79. The fraction of sp³-hybridized carbons (Fsp3) is 0.684. The maximum Gasteiger partial charge on any atom is 0.0389 e. The van der Waals surface area contributed by atoms with Crippen LogP contribution in [0.2, 0.25) is 0 Å². The van der Waals surface area contributed by atoms with Gasteiger partial charge in [0.25, 0.3) is 0 Å². The third kappa shape index (κ3) is 4.20. The van der Waals surface area contributed by atoms with Crippen molar-refractivity contribution >= 4 is 17.4 Å². The number of anilines is 1. The molecule has 122 valence electrons. The molecule has 2 nitrogen and oxygen atoms in total. The zero-order valence-corrected chi connectivity index (χ0v) is 14.9. The molecule has 1 aromatic rings. The number of benzene rings is 1. The van der Waals surface area contributed by atoms with Crippen LogP contribution in [0, 0.1) is 0 Å². The minimum atomic E-state index is 0.614. The standard InChI is InChI=1S/C19H30N2S/c1-15(2)16-5-7-17(8-6-16)20-18-4-3-11-21(14-18)19-9-12-22-13-10-19/h5-8,15,18-20H,3-4,9-14H2,1-2H3/t18-/m1/s1. The van der Waals surface area contributed by atoms with E-state index in [1.54, 1.807) is 0 Å². The zero-order chi connectivity index (χ0) is 15.4. The summed E-state index contributed by atoms with van der Waals surface area (Å²) in [5.74, 6) is 3.33. The predicted octanol–water partition coefficient (Wildman–Crippen LogP) is 4.58. The van der Waals surface area contributed by atoms with Gasteiger partial charge in [0, 0.05) is 24.3 Å². The summed E-state index contributed by atoms with van der Waals surface area (Å²) in [5.41, 5.74) is 2.71. The first-order chi connectivity index (χ1) is 10.7. The highest BCUT2D eigenvalue weighted by Crippen LogP contribution is 2.26. The number of nitrogens with zero attached hydrogens (tertiary/aromatic N) is 1. The van der Waals surface area contributed by atoms with Crippen molar-refractivity contribution < 1.29 is 0 Å². The molecule has 0 amide bonds. The molecule has 1 N–H and O–H groups in total. The Labute approximate surface area is 140 Å². The smallest absolute Gasteiger partial charge is 0.0389 e. The third-order valence-corrected chi connectivity index (χ3v) is 6.16. The molecule has 0 bridgehead atoms. The molecule has 0 radical (unpaired) electrons. The van der Waals surface area contributed by atoms with E-state index in [0.717, 1.165) is 6.04 Å². The Morgan fingerprint density at radius 2 is 1.82 bits per heavy atom. The molecule has 2 heterocycles. The molecule has 0 unspecified atom stereocenters. The Hall–Kier alpha value is -0.670. The number of hydrogen-bond donors (Lipinski definition) is 1. The van der Waals surface area contributed by atoms with E-state index in [4.69, 9.17) is 0 Å². The Morgan fingerprint density at radius 3 is 2.50 bits per heavy atom. The van der Waals surface area contributed by atoms with E-state index >= 15 is 0 Å². The van der Waals surface area contributed by atoms with Crippen molar-refractivity contribution in [3.63, 3.8) is 0 Å². The van der Waals surface area contributed by atoms with Crippen LogP contribution < -0.4 is 5.32 Å². The molecule has 0 aromatic heterocycles. The van der Waals surface area contributed by atoms with Gasteiger partial charge >= 0.3 is 0 Å². The SMILES string of the molecule is CC(C)c1ccc(N[C@@H]2CCCN(C3CCSCC3)C2)cc1. The predicted molar refractivity (Wildman–Crippen MR) is 99.1 cm³/mol. The number of likely N-dealkylation sites (tertiary alicyclic amines) is 1. The lowest BCUT2D eigenvalue weighted by Crippen LogP contribution is -2.48. The van der Waals surface area contributed by atoms with E-state index in [0.29, 0.717) is 12.0 Å². The van der Waals surface area contributed by atoms with Crippen molar-refractivity contribution in [2.75, 3.05) is 29.9 Å². The molecular formula is C19H30N2S. The molecule has 0 saturated carbocycles. The van der Waals surface area contributed by atoms with Crippen molar-refractivity contribution in [2.45, 2.75) is 57.5 Å². The van der Waals surface area contributed by atoms with Gasteiger partial charge in [0.2, 0.25) is 0 Å². The lowest BCUT2D eigenvalue weighted by atomic mass is 10.00. The Kier molecular flexibility index (Phi) is 5.70. The number of piperidine rings is 1. The van der Waals surface area contributed by atoms with Crippen molar-refractivity contribution in [1.29, 1.82) is 0 Å². The van der Waals surface area contributed by atoms with Gasteiger partial charge in [0.15, 0.2) is 0 Å².